The van der Waals surface area contributed by atoms with Gasteiger partial charge in [-0.3, -0.25) is 4.79 Å². The molecule has 1 heterocycles. The first-order valence-corrected chi connectivity index (χ1v) is 7.10. The van der Waals surface area contributed by atoms with Gasteiger partial charge < -0.3 is 14.9 Å². The van der Waals surface area contributed by atoms with Crippen LogP contribution in [0.5, 0.6) is 0 Å². The lowest BCUT2D eigenvalue weighted by molar-refractivity contribution is -0.138. The molecule has 6 nitrogen and oxygen atoms in total. The summed E-state index contributed by atoms with van der Waals surface area (Å²) in [4.78, 5) is 26.6. The molecule has 0 spiro atoms. The number of aliphatic carboxylic acids is 1. The van der Waals surface area contributed by atoms with Gasteiger partial charge in [-0.25, -0.2) is 4.79 Å². The average molecular weight is 281 g/mol. The zero-order valence-electron chi connectivity index (χ0n) is 12.2. The van der Waals surface area contributed by atoms with Crippen LogP contribution in [0.2, 0.25) is 0 Å². The molecule has 1 N–H and O–H groups in total. The second-order valence-corrected chi connectivity index (χ2v) is 5.51. The van der Waals surface area contributed by atoms with E-state index in [1.807, 2.05) is 13.8 Å². The van der Waals surface area contributed by atoms with Gasteiger partial charge in [0.15, 0.2) is 0 Å². The number of nitriles is 1. The Bertz CT molecular complexity index is 382. The largest absolute Gasteiger partial charge is 0.481 e. The van der Waals surface area contributed by atoms with Gasteiger partial charge in [0.05, 0.1) is 12.5 Å². The molecule has 0 atom stereocenters. The van der Waals surface area contributed by atoms with Crippen molar-refractivity contribution in [3.63, 3.8) is 0 Å². The Morgan fingerprint density at radius 1 is 1.40 bits per heavy atom. The Kier molecular flexibility index (Phi) is 6.29. The number of rotatable bonds is 5. The summed E-state index contributed by atoms with van der Waals surface area (Å²) in [7, 11) is 0. The molecular formula is C14H23N3O3. The van der Waals surface area contributed by atoms with Crippen LogP contribution in [0.4, 0.5) is 4.79 Å². The molecule has 0 aromatic rings. The Balaban J connectivity index is 2.51. The van der Waals surface area contributed by atoms with Gasteiger partial charge in [-0.2, -0.15) is 5.26 Å². The van der Waals surface area contributed by atoms with Crippen molar-refractivity contribution in [2.45, 2.75) is 45.6 Å². The van der Waals surface area contributed by atoms with E-state index in [0.29, 0.717) is 26.1 Å². The molecule has 0 saturated carbocycles. The third-order valence-electron chi connectivity index (χ3n) is 3.68. The summed E-state index contributed by atoms with van der Waals surface area (Å²) >= 11 is 0. The third-order valence-corrected chi connectivity index (χ3v) is 3.68. The zero-order valence-corrected chi connectivity index (χ0v) is 12.2. The molecule has 0 aromatic carbocycles. The molecule has 1 aliphatic rings. The predicted molar refractivity (Wildman–Crippen MR) is 74.0 cm³/mol. The molecule has 1 rings (SSSR count). The summed E-state index contributed by atoms with van der Waals surface area (Å²) in [6, 6.07) is 2.09. The van der Waals surface area contributed by atoms with Gasteiger partial charge in [0.25, 0.3) is 0 Å². The van der Waals surface area contributed by atoms with E-state index < -0.39 is 5.97 Å². The van der Waals surface area contributed by atoms with E-state index in [1.54, 1.807) is 9.80 Å². The fourth-order valence-electron chi connectivity index (χ4n) is 2.50. The van der Waals surface area contributed by atoms with Gasteiger partial charge in [0, 0.05) is 32.1 Å². The van der Waals surface area contributed by atoms with Crippen molar-refractivity contribution in [2.75, 3.05) is 19.6 Å². The van der Waals surface area contributed by atoms with E-state index in [1.165, 1.54) is 0 Å². The fourth-order valence-corrected chi connectivity index (χ4v) is 2.50. The summed E-state index contributed by atoms with van der Waals surface area (Å²) in [5.41, 5.74) is 0. The van der Waals surface area contributed by atoms with E-state index >= 15 is 0 Å². The zero-order chi connectivity index (χ0) is 15.1. The Hall–Kier alpha value is -1.77. The Morgan fingerprint density at radius 3 is 2.45 bits per heavy atom. The first-order valence-electron chi connectivity index (χ1n) is 7.10. The molecule has 20 heavy (non-hydrogen) atoms. The predicted octanol–water partition coefficient (Wildman–Crippen LogP) is 1.92. The standard InChI is InChI=1S/C14H23N3O3/c1-11(2)17(7-3-6-15)14(20)16-8-4-12(5-9-16)10-13(18)19/h11-12H,3-5,7-10H2,1-2H3,(H,18,19). The number of amides is 2. The number of urea groups is 1. The Morgan fingerprint density at radius 2 is 2.00 bits per heavy atom. The second kappa shape index (κ2) is 7.73. The number of hydrogen-bond acceptors (Lipinski definition) is 3. The Labute approximate surface area is 120 Å². The van der Waals surface area contributed by atoms with Crippen LogP contribution in [0.3, 0.4) is 0 Å². The second-order valence-electron chi connectivity index (χ2n) is 5.51. The minimum Gasteiger partial charge on any atom is -0.481 e. The van der Waals surface area contributed by atoms with Crippen molar-refractivity contribution >= 4 is 12.0 Å². The van der Waals surface area contributed by atoms with Gasteiger partial charge in [0.1, 0.15) is 0 Å². The highest BCUT2D eigenvalue weighted by Gasteiger charge is 2.28. The molecule has 0 radical (unpaired) electrons. The van der Waals surface area contributed by atoms with Crippen LogP contribution in [0.25, 0.3) is 0 Å². The number of nitrogens with zero attached hydrogens (tertiary/aromatic N) is 3. The van der Waals surface area contributed by atoms with Crippen molar-refractivity contribution in [2.24, 2.45) is 5.92 Å². The molecule has 1 fully saturated rings. The number of carboxylic acid groups (broad SMARTS) is 1. The highest BCUT2D eigenvalue weighted by atomic mass is 16.4. The van der Waals surface area contributed by atoms with E-state index in [4.69, 9.17) is 10.4 Å². The molecule has 0 aromatic heterocycles. The van der Waals surface area contributed by atoms with E-state index in [0.717, 1.165) is 12.8 Å². The first-order chi connectivity index (χ1) is 9.45. The van der Waals surface area contributed by atoms with Crippen molar-refractivity contribution in [3.8, 4) is 6.07 Å². The molecule has 6 heteroatoms. The topological polar surface area (TPSA) is 84.6 Å². The third kappa shape index (κ3) is 4.72. The maximum absolute atomic E-state index is 12.4. The van der Waals surface area contributed by atoms with E-state index in [2.05, 4.69) is 6.07 Å². The fraction of sp³-hybridized carbons (Fsp3) is 0.786. The molecule has 112 valence electrons. The van der Waals surface area contributed by atoms with Crippen molar-refractivity contribution < 1.29 is 14.7 Å². The maximum Gasteiger partial charge on any atom is 0.320 e. The first kappa shape index (κ1) is 16.3. The number of hydrogen-bond donors (Lipinski definition) is 1. The molecule has 1 aliphatic heterocycles. The van der Waals surface area contributed by atoms with Crippen LogP contribution < -0.4 is 0 Å². The lowest BCUT2D eigenvalue weighted by Gasteiger charge is -2.37. The quantitative estimate of drug-likeness (QED) is 0.834. The molecule has 1 saturated heterocycles. The van der Waals surface area contributed by atoms with Crippen LogP contribution in [0, 0.1) is 17.2 Å². The summed E-state index contributed by atoms with van der Waals surface area (Å²) < 4.78 is 0. The molecule has 2 amide bonds. The smallest absolute Gasteiger partial charge is 0.320 e. The summed E-state index contributed by atoms with van der Waals surface area (Å²) in [5, 5.41) is 17.4. The van der Waals surface area contributed by atoms with Gasteiger partial charge in [0.2, 0.25) is 0 Å². The summed E-state index contributed by atoms with van der Waals surface area (Å²) in [5.74, 6) is -0.601. The maximum atomic E-state index is 12.4. The minimum absolute atomic E-state index is 0.0379. The molecule has 0 aliphatic carbocycles. The van der Waals surface area contributed by atoms with E-state index in [9.17, 15) is 9.59 Å². The number of likely N-dealkylation sites (tertiary alicyclic amines) is 1. The number of piperidine rings is 1. The normalized spacial score (nSPS) is 16.0. The SMILES string of the molecule is CC(C)N(CCC#N)C(=O)N1CCC(CC(=O)O)CC1. The summed E-state index contributed by atoms with van der Waals surface area (Å²) in [6.45, 7) is 5.53. The lowest BCUT2D eigenvalue weighted by Crippen LogP contribution is -2.49. The molecular weight excluding hydrogens is 258 g/mol. The van der Waals surface area contributed by atoms with Crippen LogP contribution >= 0.6 is 0 Å². The van der Waals surface area contributed by atoms with Crippen LogP contribution in [-0.4, -0.2) is 52.6 Å². The van der Waals surface area contributed by atoms with Crippen LogP contribution in [-0.2, 0) is 4.79 Å². The van der Waals surface area contributed by atoms with Crippen LogP contribution in [0.1, 0.15) is 39.5 Å². The van der Waals surface area contributed by atoms with Crippen LogP contribution in [0.15, 0.2) is 0 Å². The van der Waals surface area contributed by atoms with Gasteiger partial charge in [-0.05, 0) is 32.6 Å². The number of carboxylic acids is 1. The highest BCUT2D eigenvalue weighted by molar-refractivity contribution is 5.75. The average Bonchev–Trinajstić information content (AvgIpc) is 2.38. The minimum atomic E-state index is -0.771. The lowest BCUT2D eigenvalue weighted by atomic mass is 9.94. The van der Waals surface area contributed by atoms with Crippen molar-refractivity contribution in [1.29, 1.82) is 5.26 Å². The number of carbonyl (C=O) groups excluding carboxylic acids is 1. The van der Waals surface area contributed by atoms with Gasteiger partial charge in [-0.15, -0.1) is 0 Å². The molecule has 0 bridgehead atoms. The van der Waals surface area contributed by atoms with Gasteiger partial charge >= 0.3 is 12.0 Å². The summed E-state index contributed by atoms with van der Waals surface area (Å²) in [6.07, 6.45) is 1.99. The monoisotopic (exact) mass is 281 g/mol. The molecule has 0 unspecified atom stereocenters. The van der Waals surface area contributed by atoms with Crippen molar-refractivity contribution in [3.05, 3.63) is 0 Å². The van der Waals surface area contributed by atoms with Crippen molar-refractivity contribution in [1.82, 2.24) is 9.80 Å². The van der Waals surface area contributed by atoms with Gasteiger partial charge in [-0.1, -0.05) is 0 Å². The van der Waals surface area contributed by atoms with E-state index in [-0.39, 0.29) is 24.4 Å². The number of carbonyl (C=O) groups is 2. The highest BCUT2D eigenvalue weighted by Crippen LogP contribution is 2.21.